The molecular formula is C19H23FN2O2. The minimum absolute atomic E-state index is 0.242. The summed E-state index contributed by atoms with van der Waals surface area (Å²) in [4.78, 5) is 14.1. The molecule has 0 unspecified atom stereocenters. The van der Waals surface area contributed by atoms with Gasteiger partial charge in [-0.2, -0.15) is 0 Å². The summed E-state index contributed by atoms with van der Waals surface area (Å²) in [5, 5.41) is 2.80. The highest BCUT2D eigenvalue weighted by molar-refractivity contribution is 5.83. The van der Waals surface area contributed by atoms with Gasteiger partial charge in [-0.3, -0.25) is 9.69 Å². The minimum atomic E-state index is -0.666. The molecule has 0 aliphatic heterocycles. The van der Waals surface area contributed by atoms with Crippen molar-refractivity contribution >= 4 is 5.91 Å². The molecule has 0 bridgehead atoms. The molecule has 5 heteroatoms. The van der Waals surface area contributed by atoms with E-state index in [1.807, 2.05) is 30.3 Å². The van der Waals surface area contributed by atoms with E-state index in [2.05, 4.69) is 5.32 Å². The molecule has 2 aromatic rings. The van der Waals surface area contributed by atoms with Crippen LogP contribution in [-0.4, -0.2) is 38.1 Å². The molecule has 0 saturated carbocycles. The zero-order valence-corrected chi connectivity index (χ0v) is 14.0. The second kappa shape index (κ2) is 9.15. The van der Waals surface area contributed by atoms with E-state index >= 15 is 0 Å². The van der Waals surface area contributed by atoms with Gasteiger partial charge in [0.25, 0.3) is 0 Å². The van der Waals surface area contributed by atoms with Crippen LogP contribution in [0.25, 0.3) is 0 Å². The van der Waals surface area contributed by atoms with Crippen LogP contribution < -0.4 is 5.32 Å². The maximum absolute atomic E-state index is 14.0. The number of likely N-dealkylation sites (N-methyl/N-ethyl adjacent to an activating group) is 1. The first kappa shape index (κ1) is 18.1. The smallest absolute Gasteiger partial charge is 0.242 e. The standard InChI is InChI=1S/C19H23FN2O2/c1-22(2)18(16-10-6-7-11-17(16)20)19(23)21-12-13-24-14-15-8-4-3-5-9-15/h3-11,18H,12-14H2,1-2H3,(H,21,23)/t18-/m1/s1. The van der Waals surface area contributed by atoms with Gasteiger partial charge in [0.2, 0.25) is 5.91 Å². The summed E-state index contributed by atoms with van der Waals surface area (Å²) < 4.78 is 19.5. The number of carbonyl (C=O) groups excluding carboxylic acids is 1. The third-order valence-corrected chi connectivity index (χ3v) is 3.62. The Balaban J connectivity index is 1.82. The van der Waals surface area contributed by atoms with Crippen molar-refractivity contribution in [2.75, 3.05) is 27.2 Å². The number of halogens is 1. The summed E-state index contributed by atoms with van der Waals surface area (Å²) in [5.74, 6) is -0.625. The first-order chi connectivity index (χ1) is 11.6. The fourth-order valence-corrected chi connectivity index (χ4v) is 2.46. The van der Waals surface area contributed by atoms with Crippen LogP contribution in [-0.2, 0) is 16.1 Å². The van der Waals surface area contributed by atoms with E-state index in [1.54, 1.807) is 37.2 Å². The lowest BCUT2D eigenvalue weighted by Gasteiger charge is -2.24. The lowest BCUT2D eigenvalue weighted by molar-refractivity contribution is -0.126. The van der Waals surface area contributed by atoms with E-state index in [4.69, 9.17) is 4.74 Å². The molecule has 0 aliphatic carbocycles. The molecule has 1 atom stereocenters. The maximum atomic E-state index is 14.0. The third kappa shape index (κ3) is 5.15. The topological polar surface area (TPSA) is 41.6 Å². The molecule has 0 aliphatic rings. The largest absolute Gasteiger partial charge is 0.375 e. The van der Waals surface area contributed by atoms with Crippen LogP contribution in [0.3, 0.4) is 0 Å². The predicted molar refractivity (Wildman–Crippen MR) is 91.9 cm³/mol. The summed E-state index contributed by atoms with van der Waals surface area (Å²) in [6, 6.07) is 15.5. The summed E-state index contributed by atoms with van der Waals surface area (Å²) in [6.07, 6.45) is 0. The number of rotatable bonds is 8. The van der Waals surface area contributed by atoms with Crippen LogP contribution in [0.4, 0.5) is 4.39 Å². The summed E-state index contributed by atoms with van der Waals surface area (Å²) in [7, 11) is 3.51. The maximum Gasteiger partial charge on any atom is 0.242 e. The van der Waals surface area contributed by atoms with Gasteiger partial charge in [-0.25, -0.2) is 4.39 Å². The fourth-order valence-electron chi connectivity index (χ4n) is 2.46. The van der Waals surface area contributed by atoms with Crippen LogP contribution in [0.15, 0.2) is 54.6 Å². The van der Waals surface area contributed by atoms with Crippen LogP contribution in [0.2, 0.25) is 0 Å². The zero-order valence-electron chi connectivity index (χ0n) is 14.0. The molecule has 0 spiro atoms. The number of ether oxygens (including phenoxy) is 1. The Kier molecular flexibility index (Phi) is 6.90. The van der Waals surface area contributed by atoms with Gasteiger partial charge in [-0.05, 0) is 25.7 Å². The number of amides is 1. The predicted octanol–water partition coefficient (Wildman–Crippen LogP) is 2.76. The van der Waals surface area contributed by atoms with Gasteiger partial charge in [0.15, 0.2) is 0 Å². The molecule has 1 N–H and O–H groups in total. The van der Waals surface area contributed by atoms with Gasteiger partial charge in [0, 0.05) is 12.1 Å². The van der Waals surface area contributed by atoms with Crippen LogP contribution in [0, 0.1) is 5.82 Å². The minimum Gasteiger partial charge on any atom is -0.375 e. The Morgan fingerprint density at radius 2 is 1.79 bits per heavy atom. The SMILES string of the molecule is CN(C)[C@@H](C(=O)NCCOCc1ccccc1)c1ccccc1F. The van der Waals surface area contributed by atoms with Crippen molar-refractivity contribution in [1.82, 2.24) is 10.2 Å². The highest BCUT2D eigenvalue weighted by Crippen LogP contribution is 2.21. The Morgan fingerprint density at radius 1 is 1.12 bits per heavy atom. The summed E-state index contributed by atoms with van der Waals surface area (Å²) in [5.41, 5.74) is 1.45. The van der Waals surface area contributed by atoms with E-state index in [0.29, 0.717) is 25.3 Å². The van der Waals surface area contributed by atoms with Crippen LogP contribution in [0.1, 0.15) is 17.2 Å². The first-order valence-corrected chi connectivity index (χ1v) is 7.90. The molecule has 0 fully saturated rings. The van der Waals surface area contributed by atoms with Crippen molar-refractivity contribution in [2.45, 2.75) is 12.6 Å². The van der Waals surface area contributed by atoms with Gasteiger partial charge >= 0.3 is 0 Å². The molecule has 128 valence electrons. The van der Waals surface area contributed by atoms with Crippen molar-refractivity contribution in [1.29, 1.82) is 0 Å². The Morgan fingerprint density at radius 3 is 2.46 bits per heavy atom. The Bertz CT molecular complexity index is 647. The molecule has 0 heterocycles. The van der Waals surface area contributed by atoms with Gasteiger partial charge in [0.1, 0.15) is 11.9 Å². The monoisotopic (exact) mass is 330 g/mol. The van der Waals surface area contributed by atoms with E-state index in [-0.39, 0.29) is 11.7 Å². The Labute approximate surface area is 142 Å². The molecule has 1 amide bonds. The van der Waals surface area contributed by atoms with E-state index in [1.165, 1.54) is 6.07 Å². The molecule has 0 saturated heterocycles. The number of hydrogen-bond donors (Lipinski definition) is 1. The summed E-state index contributed by atoms with van der Waals surface area (Å²) >= 11 is 0. The first-order valence-electron chi connectivity index (χ1n) is 7.90. The second-order valence-electron chi connectivity index (χ2n) is 5.72. The van der Waals surface area contributed by atoms with Gasteiger partial charge < -0.3 is 10.1 Å². The molecule has 4 nitrogen and oxygen atoms in total. The molecule has 0 aromatic heterocycles. The number of nitrogens with zero attached hydrogens (tertiary/aromatic N) is 1. The summed E-state index contributed by atoms with van der Waals surface area (Å²) in [6.45, 7) is 1.28. The van der Waals surface area contributed by atoms with E-state index in [0.717, 1.165) is 5.56 Å². The molecular weight excluding hydrogens is 307 g/mol. The van der Waals surface area contributed by atoms with Crippen LogP contribution in [0.5, 0.6) is 0 Å². The number of benzene rings is 2. The Hall–Kier alpha value is -2.24. The van der Waals surface area contributed by atoms with Crippen molar-refractivity contribution in [3.05, 3.63) is 71.5 Å². The molecule has 2 rings (SSSR count). The number of nitrogens with one attached hydrogen (secondary N) is 1. The lowest BCUT2D eigenvalue weighted by Crippen LogP contribution is -2.38. The van der Waals surface area contributed by atoms with Gasteiger partial charge in [-0.1, -0.05) is 48.5 Å². The van der Waals surface area contributed by atoms with Gasteiger partial charge in [-0.15, -0.1) is 0 Å². The highest BCUT2D eigenvalue weighted by atomic mass is 19.1. The molecule has 2 aromatic carbocycles. The van der Waals surface area contributed by atoms with Crippen LogP contribution >= 0.6 is 0 Å². The number of carbonyl (C=O) groups is 1. The third-order valence-electron chi connectivity index (χ3n) is 3.62. The fraction of sp³-hybridized carbons (Fsp3) is 0.316. The molecule has 24 heavy (non-hydrogen) atoms. The highest BCUT2D eigenvalue weighted by Gasteiger charge is 2.25. The van der Waals surface area contributed by atoms with Crippen molar-refractivity contribution < 1.29 is 13.9 Å². The number of hydrogen-bond acceptors (Lipinski definition) is 3. The molecule has 0 radical (unpaired) electrons. The second-order valence-corrected chi connectivity index (χ2v) is 5.72. The van der Waals surface area contributed by atoms with Crippen molar-refractivity contribution in [3.8, 4) is 0 Å². The zero-order chi connectivity index (χ0) is 17.4. The van der Waals surface area contributed by atoms with E-state index < -0.39 is 6.04 Å². The average Bonchev–Trinajstić information content (AvgIpc) is 2.57. The quantitative estimate of drug-likeness (QED) is 0.757. The van der Waals surface area contributed by atoms with Crippen molar-refractivity contribution in [3.63, 3.8) is 0 Å². The lowest BCUT2D eigenvalue weighted by atomic mass is 10.0. The normalized spacial score (nSPS) is 12.2. The van der Waals surface area contributed by atoms with Crippen molar-refractivity contribution in [2.24, 2.45) is 0 Å². The van der Waals surface area contributed by atoms with Gasteiger partial charge in [0.05, 0.1) is 13.2 Å². The average molecular weight is 330 g/mol. The van der Waals surface area contributed by atoms with E-state index in [9.17, 15) is 9.18 Å².